The highest BCUT2D eigenvalue weighted by Crippen LogP contribution is 2.32. The Labute approximate surface area is 112 Å². The highest BCUT2D eigenvalue weighted by atomic mass is 16.5. The molecule has 0 unspecified atom stereocenters. The zero-order valence-electron chi connectivity index (χ0n) is 10.8. The van der Waals surface area contributed by atoms with Crippen LogP contribution in [0.2, 0.25) is 0 Å². The van der Waals surface area contributed by atoms with Crippen LogP contribution in [0.4, 0.5) is 0 Å². The average molecular weight is 259 g/mol. The fourth-order valence-corrected chi connectivity index (χ4v) is 1.98. The number of furan rings is 1. The lowest BCUT2D eigenvalue weighted by Crippen LogP contribution is -1.98. The minimum Gasteiger partial charge on any atom is -0.488 e. The molecule has 1 heterocycles. The van der Waals surface area contributed by atoms with E-state index in [0.717, 1.165) is 31.1 Å². The third-order valence-corrected chi connectivity index (χ3v) is 2.95. The van der Waals surface area contributed by atoms with Crippen LogP contribution in [0.3, 0.4) is 0 Å². The molecule has 0 aliphatic rings. The first-order valence-corrected chi connectivity index (χ1v) is 6.52. The Morgan fingerprint density at radius 2 is 1.95 bits per heavy atom. The van der Waals surface area contributed by atoms with E-state index in [0.29, 0.717) is 17.9 Å². The summed E-state index contributed by atoms with van der Waals surface area (Å²) < 4.78 is 11.1. The maximum Gasteiger partial charge on any atom is 0.246 e. The van der Waals surface area contributed by atoms with Crippen LogP contribution in [0.1, 0.15) is 31.4 Å². The second kappa shape index (κ2) is 6.81. The van der Waals surface area contributed by atoms with Crippen molar-refractivity contribution in [3.05, 3.63) is 30.0 Å². The maximum absolute atomic E-state index is 9.04. The minimum absolute atomic E-state index is 0.233. The molecule has 0 amide bonds. The lowest BCUT2D eigenvalue weighted by molar-refractivity contribution is 0.273. The molecule has 0 atom stereocenters. The summed E-state index contributed by atoms with van der Waals surface area (Å²) in [6.07, 6.45) is 3.75. The van der Waals surface area contributed by atoms with Crippen molar-refractivity contribution in [1.29, 1.82) is 5.26 Å². The zero-order valence-corrected chi connectivity index (χ0v) is 10.8. The molecule has 4 heteroatoms. The van der Waals surface area contributed by atoms with Crippen LogP contribution < -0.4 is 4.74 Å². The van der Waals surface area contributed by atoms with Crippen LogP contribution in [0.25, 0.3) is 11.0 Å². The highest BCUT2D eigenvalue weighted by Gasteiger charge is 2.14. The van der Waals surface area contributed by atoms with Gasteiger partial charge in [0.25, 0.3) is 0 Å². The summed E-state index contributed by atoms with van der Waals surface area (Å²) in [5.41, 5.74) is 0.675. The quantitative estimate of drug-likeness (QED) is 0.775. The number of para-hydroxylation sites is 1. The number of rotatable bonds is 7. The molecule has 0 spiro atoms. The smallest absolute Gasteiger partial charge is 0.246 e. The maximum atomic E-state index is 9.04. The van der Waals surface area contributed by atoms with Gasteiger partial charge >= 0.3 is 0 Å². The number of nitrogens with zero attached hydrogens (tertiary/aromatic N) is 1. The van der Waals surface area contributed by atoms with Gasteiger partial charge in [0.05, 0.1) is 12.0 Å². The molecule has 0 fully saturated rings. The van der Waals surface area contributed by atoms with E-state index >= 15 is 0 Å². The Bertz CT molecular complexity index is 568. The van der Waals surface area contributed by atoms with Crippen LogP contribution in [-0.4, -0.2) is 18.3 Å². The van der Waals surface area contributed by atoms with Gasteiger partial charge in [-0.25, -0.2) is 0 Å². The van der Waals surface area contributed by atoms with Gasteiger partial charge in [0, 0.05) is 6.61 Å². The molecule has 1 aromatic heterocycles. The number of hydrogen-bond donors (Lipinski definition) is 1. The molecule has 1 aromatic carbocycles. The first-order valence-electron chi connectivity index (χ1n) is 6.52. The highest BCUT2D eigenvalue weighted by molar-refractivity contribution is 5.86. The van der Waals surface area contributed by atoms with E-state index in [9.17, 15) is 0 Å². The SMILES string of the molecule is N#Cc1oc2ccccc2c1OCCCCCCO. The largest absolute Gasteiger partial charge is 0.488 e. The molecule has 0 radical (unpaired) electrons. The molecule has 1 N–H and O–H groups in total. The number of benzene rings is 1. The number of unbranched alkanes of at least 4 members (excludes halogenated alkanes) is 3. The molecule has 19 heavy (non-hydrogen) atoms. The predicted octanol–water partition coefficient (Wildman–Crippen LogP) is 3.24. The Kier molecular flexibility index (Phi) is 4.82. The van der Waals surface area contributed by atoms with Crippen molar-refractivity contribution in [2.45, 2.75) is 25.7 Å². The van der Waals surface area contributed by atoms with E-state index in [-0.39, 0.29) is 12.4 Å². The molecular weight excluding hydrogens is 242 g/mol. The summed E-state index contributed by atoms with van der Waals surface area (Å²) in [5.74, 6) is 0.775. The Hall–Kier alpha value is -1.99. The third-order valence-electron chi connectivity index (χ3n) is 2.95. The Morgan fingerprint density at radius 1 is 1.16 bits per heavy atom. The minimum atomic E-state index is 0.233. The molecule has 2 aromatic rings. The number of aliphatic hydroxyl groups excluding tert-OH is 1. The second-order valence-corrected chi connectivity index (χ2v) is 4.35. The van der Waals surface area contributed by atoms with Gasteiger partial charge in [0.15, 0.2) is 5.75 Å². The lowest BCUT2D eigenvalue weighted by atomic mass is 10.2. The number of hydrogen-bond acceptors (Lipinski definition) is 4. The Morgan fingerprint density at radius 3 is 2.74 bits per heavy atom. The van der Waals surface area contributed by atoms with Crippen LogP contribution in [0.5, 0.6) is 5.75 Å². The van der Waals surface area contributed by atoms with Gasteiger partial charge < -0.3 is 14.3 Å². The van der Waals surface area contributed by atoms with Crippen LogP contribution >= 0.6 is 0 Å². The summed E-state index contributed by atoms with van der Waals surface area (Å²) in [6.45, 7) is 0.801. The van der Waals surface area contributed by atoms with E-state index in [1.807, 2.05) is 30.3 Å². The summed E-state index contributed by atoms with van der Waals surface area (Å²) >= 11 is 0. The lowest BCUT2D eigenvalue weighted by Gasteiger charge is -2.04. The summed E-state index contributed by atoms with van der Waals surface area (Å²) in [5, 5.41) is 18.6. The van der Waals surface area contributed by atoms with Crippen LogP contribution in [-0.2, 0) is 0 Å². The molecule has 100 valence electrons. The van der Waals surface area contributed by atoms with Gasteiger partial charge in [-0.2, -0.15) is 5.26 Å². The normalized spacial score (nSPS) is 10.5. The number of fused-ring (bicyclic) bond motifs is 1. The van der Waals surface area contributed by atoms with Crippen LogP contribution in [0, 0.1) is 11.3 Å². The second-order valence-electron chi connectivity index (χ2n) is 4.35. The van der Waals surface area contributed by atoms with Crippen molar-refractivity contribution < 1.29 is 14.3 Å². The fraction of sp³-hybridized carbons (Fsp3) is 0.400. The van der Waals surface area contributed by atoms with E-state index < -0.39 is 0 Å². The van der Waals surface area contributed by atoms with E-state index in [2.05, 4.69) is 0 Å². The first kappa shape index (κ1) is 13.4. The monoisotopic (exact) mass is 259 g/mol. The molecule has 0 saturated heterocycles. The van der Waals surface area contributed by atoms with Crippen molar-refractivity contribution in [2.75, 3.05) is 13.2 Å². The molecule has 0 aliphatic carbocycles. The van der Waals surface area contributed by atoms with Crippen molar-refractivity contribution in [2.24, 2.45) is 0 Å². The first-order chi connectivity index (χ1) is 9.36. The standard InChI is InChI=1S/C15H17NO3/c16-11-14-15(18-10-6-2-1-5-9-17)12-7-3-4-8-13(12)19-14/h3-4,7-8,17H,1-2,5-6,9-10H2. The number of nitriles is 1. The summed E-state index contributed by atoms with van der Waals surface area (Å²) in [6, 6.07) is 9.50. The molecule has 0 saturated carbocycles. The predicted molar refractivity (Wildman–Crippen MR) is 72.0 cm³/mol. The summed E-state index contributed by atoms with van der Waals surface area (Å²) in [7, 11) is 0. The van der Waals surface area contributed by atoms with Crippen molar-refractivity contribution in [1.82, 2.24) is 0 Å². The average Bonchev–Trinajstić information content (AvgIpc) is 2.81. The fourth-order valence-electron chi connectivity index (χ4n) is 1.98. The van der Waals surface area contributed by atoms with E-state index in [1.54, 1.807) is 0 Å². The molecule has 0 aliphatic heterocycles. The van der Waals surface area contributed by atoms with Gasteiger partial charge in [-0.1, -0.05) is 18.6 Å². The van der Waals surface area contributed by atoms with Gasteiger partial charge in [0.2, 0.25) is 5.76 Å². The molecule has 4 nitrogen and oxygen atoms in total. The van der Waals surface area contributed by atoms with Crippen molar-refractivity contribution in [3.8, 4) is 11.8 Å². The topological polar surface area (TPSA) is 66.4 Å². The summed E-state index contributed by atoms with van der Waals surface area (Å²) in [4.78, 5) is 0. The number of aliphatic hydroxyl groups is 1. The van der Waals surface area contributed by atoms with Gasteiger partial charge in [0.1, 0.15) is 11.7 Å². The van der Waals surface area contributed by atoms with Crippen molar-refractivity contribution in [3.63, 3.8) is 0 Å². The van der Waals surface area contributed by atoms with E-state index in [1.165, 1.54) is 0 Å². The van der Waals surface area contributed by atoms with Crippen molar-refractivity contribution >= 4 is 11.0 Å². The molecule has 2 rings (SSSR count). The van der Waals surface area contributed by atoms with Crippen LogP contribution in [0.15, 0.2) is 28.7 Å². The molecular formula is C15H17NO3. The Balaban J connectivity index is 1.98. The van der Waals surface area contributed by atoms with Gasteiger partial charge in [-0.3, -0.25) is 0 Å². The third kappa shape index (κ3) is 3.27. The van der Waals surface area contributed by atoms with Gasteiger partial charge in [-0.15, -0.1) is 0 Å². The number of ether oxygens (including phenoxy) is 1. The molecule has 0 bridgehead atoms. The zero-order chi connectivity index (χ0) is 13.5. The van der Waals surface area contributed by atoms with E-state index in [4.69, 9.17) is 19.5 Å². The van der Waals surface area contributed by atoms with Gasteiger partial charge in [-0.05, 0) is 31.4 Å².